The van der Waals surface area contributed by atoms with E-state index in [2.05, 4.69) is 24.5 Å². The molecular formula is C11H17IN2OS. The Morgan fingerprint density at radius 3 is 2.88 bits per heavy atom. The summed E-state index contributed by atoms with van der Waals surface area (Å²) in [5.74, 6) is 2.05. The van der Waals surface area contributed by atoms with Crippen molar-refractivity contribution in [2.45, 2.75) is 33.2 Å². The smallest absolute Gasteiger partial charge is 0.266 e. The third kappa shape index (κ3) is 3.48. The second-order valence-corrected chi connectivity index (χ2v) is 5.43. The molecule has 1 aromatic heterocycles. The van der Waals surface area contributed by atoms with Crippen molar-refractivity contribution in [3.63, 3.8) is 0 Å². The first-order valence-electron chi connectivity index (χ1n) is 5.43. The highest BCUT2D eigenvalue weighted by Crippen LogP contribution is 2.11. The number of halogens is 1. The van der Waals surface area contributed by atoms with Crippen LogP contribution in [0.15, 0.2) is 11.0 Å². The molecule has 1 atom stereocenters. The summed E-state index contributed by atoms with van der Waals surface area (Å²) in [6, 6.07) is 0. The van der Waals surface area contributed by atoms with Gasteiger partial charge in [0.1, 0.15) is 5.82 Å². The molecule has 1 unspecified atom stereocenters. The predicted octanol–water partition coefficient (Wildman–Crippen LogP) is 2.50. The van der Waals surface area contributed by atoms with Crippen LogP contribution in [0.25, 0.3) is 0 Å². The summed E-state index contributed by atoms with van der Waals surface area (Å²) in [5.41, 5.74) is 0.0657. The van der Waals surface area contributed by atoms with Crippen LogP contribution in [0.3, 0.4) is 0 Å². The second-order valence-electron chi connectivity index (χ2n) is 3.91. The molecule has 90 valence electrons. The SMILES string of the molecule is CCCC(CS)Cn1c(C)ncc(I)c1=O. The van der Waals surface area contributed by atoms with E-state index in [1.807, 2.05) is 29.5 Å². The zero-order valence-corrected chi connectivity index (χ0v) is 12.7. The summed E-state index contributed by atoms with van der Waals surface area (Å²) in [4.78, 5) is 16.2. The molecule has 1 heterocycles. The van der Waals surface area contributed by atoms with Crippen LogP contribution >= 0.6 is 35.2 Å². The van der Waals surface area contributed by atoms with Gasteiger partial charge in [-0.05, 0) is 47.6 Å². The molecule has 0 aromatic carbocycles. The van der Waals surface area contributed by atoms with E-state index >= 15 is 0 Å². The van der Waals surface area contributed by atoms with Crippen molar-refractivity contribution in [2.75, 3.05) is 5.75 Å². The van der Waals surface area contributed by atoms with Crippen LogP contribution < -0.4 is 5.56 Å². The van der Waals surface area contributed by atoms with Gasteiger partial charge in [-0.1, -0.05) is 13.3 Å². The van der Waals surface area contributed by atoms with Crippen LogP contribution in [0, 0.1) is 16.4 Å². The summed E-state index contributed by atoms with van der Waals surface area (Å²) in [7, 11) is 0. The number of hydrogen-bond acceptors (Lipinski definition) is 3. The highest BCUT2D eigenvalue weighted by Gasteiger charge is 2.11. The summed E-state index contributed by atoms with van der Waals surface area (Å²) < 4.78 is 2.44. The van der Waals surface area contributed by atoms with Gasteiger partial charge >= 0.3 is 0 Å². The minimum absolute atomic E-state index is 0.0657. The van der Waals surface area contributed by atoms with Gasteiger partial charge in [0.15, 0.2) is 0 Å². The van der Waals surface area contributed by atoms with Crippen molar-refractivity contribution in [1.29, 1.82) is 0 Å². The molecule has 0 aliphatic rings. The number of rotatable bonds is 5. The van der Waals surface area contributed by atoms with Gasteiger partial charge in [0, 0.05) is 12.7 Å². The van der Waals surface area contributed by atoms with Crippen molar-refractivity contribution in [1.82, 2.24) is 9.55 Å². The molecule has 16 heavy (non-hydrogen) atoms. The molecule has 0 amide bonds. The zero-order chi connectivity index (χ0) is 12.1. The van der Waals surface area contributed by atoms with Gasteiger partial charge in [0.25, 0.3) is 5.56 Å². The average Bonchev–Trinajstić information content (AvgIpc) is 2.28. The Hall–Kier alpha value is -0.0400. The number of thiol groups is 1. The fourth-order valence-electron chi connectivity index (χ4n) is 1.67. The third-order valence-electron chi connectivity index (χ3n) is 2.60. The lowest BCUT2D eigenvalue weighted by Gasteiger charge is -2.16. The number of nitrogens with zero attached hydrogens (tertiary/aromatic N) is 2. The highest BCUT2D eigenvalue weighted by atomic mass is 127. The Kier molecular flexibility index (Phi) is 5.82. The largest absolute Gasteiger partial charge is 0.296 e. The lowest BCUT2D eigenvalue weighted by Crippen LogP contribution is -2.29. The van der Waals surface area contributed by atoms with E-state index in [1.165, 1.54) is 0 Å². The standard InChI is InChI=1S/C11H17IN2OS/c1-3-4-9(7-16)6-14-8(2)13-5-10(12)11(14)15/h5,9,16H,3-4,6-7H2,1-2H3. The van der Waals surface area contributed by atoms with Gasteiger partial charge < -0.3 is 0 Å². The molecule has 5 heteroatoms. The molecule has 0 saturated carbocycles. The molecule has 0 bridgehead atoms. The van der Waals surface area contributed by atoms with E-state index in [1.54, 1.807) is 10.8 Å². The van der Waals surface area contributed by atoms with Gasteiger partial charge in [-0.2, -0.15) is 12.6 Å². The summed E-state index contributed by atoms with van der Waals surface area (Å²) in [6.45, 7) is 4.75. The molecule has 1 aromatic rings. The second kappa shape index (κ2) is 6.64. The van der Waals surface area contributed by atoms with Crippen LogP contribution in [0.1, 0.15) is 25.6 Å². The van der Waals surface area contributed by atoms with Gasteiger partial charge in [0.2, 0.25) is 0 Å². The Morgan fingerprint density at radius 2 is 2.31 bits per heavy atom. The average molecular weight is 352 g/mol. The van der Waals surface area contributed by atoms with Crippen LogP contribution in [-0.4, -0.2) is 15.3 Å². The van der Waals surface area contributed by atoms with Gasteiger partial charge in [-0.3, -0.25) is 9.36 Å². The molecule has 3 nitrogen and oxygen atoms in total. The molecule has 0 saturated heterocycles. The van der Waals surface area contributed by atoms with Crippen molar-refractivity contribution in [2.24, 2.45) is 5.92 Å². The molecule has 0 radical (unpaired) electrons. The molecule has 0 spiro atoms. The van der Waals surface area contributed by atoms with Crippen molar-refractivity contribution < 1.29 is 0 Å². The van der Waals surface area contributed by atoms with Gasteiger partial charge in [-0.15, -0.1) is 0 Å². The third-order valence-corrected chi connectivity index (χ3v) is 3.86. The van der Waals surface area contributed by atoms with E-state index in [0.717, 1.165) is 31.0 Å². The van der Waals surface area contributed by atoms with Crippen LogP contribution in [-0.2, 0) is 6.54 Å². The Labute approximate surface area is 115 Å². The first kappa shape index (κ1) is 14.0. The fourth-order valence-corrected chi connectivity index (χ4v) is 2.40. The van der Waals surface area contributed by atoms with E-state index in [-0.39, 0.29) is 5.56 Å². The Bertz CT molecular complexity index is 405. The summed E-state index contributed by atoms with van der Waals surface area (Å²) >= 11 is 6.37. The topological polar surface area (TPSA) is 34.9 Å². The van der Waals surface area contributed by atoms with Gasteiger partial charge in [0.05, 0.1) is 3.57 Å². The van der Waals surface area contributed by atoms with Crippen molar-refractivity contribution in [3.8, 4) is 0 Å². The Balaban J connectivity index is 2.95. The van der Waals surface area contributed by atoms with Crippen LogP contribution in [0.4, 0.5) is 0 Å². The number of aromatic nitrogens is 2. The minimum atomic E-state index is 0.0657. The lowest BCUT2D eigenvalue weighted by molar-refractivity contribution is 0.435. The first-order chi connectivity index (χ1) is 7.60. The molecular weight excluding hydrogens is 335 g/mol. The highest BCUT2D eigenvalue weighted by molar-refractivity contribution is 14.1. The van der Waals surface area contributed by atoms with Crippen molar-refractivity contribution >= 4 is 35.2 Å². The maximum absolute atomic E-state index is 11.9. The molecule has 0 aliphatic heterocycles. The monoisotopic (exact) mass is 352 g/mol. The van der Waals surface area contributed by atoms with E-state index in [4.69, 9.17) is 0 Å². The number of hydrogen-bond donors (Lipinski definition) is 1. The quantitative estimate of drug-likeness (QED) is 0.653. The van der Waals surface area contributed by atoms with E-state index < -0.39 is 0 Å². The van der Waals surface area contributed by atoms with Crippen molar-refractivity contribution in [3.05, 3.63) is 25.9 Å². The van der Waals surface area contributed by atoms with E-state index in [0.29, 0.717) is 9.49 Å². The van der Waals surface area contributed by atoms with Gasteiger partial charge in [-0.25, -0.2) is 4.98 Å². The first-order valence-corrected chi connectivity index (χ1v) is 7.14. The summed E-state index contributed by atoms with van der Waals surface area (Å²) in [5, 5.41) is 0. The molecule has 1 rings (SSSR count). The van der Waals surface area contributed by atoms with E-state index in [9.17, 15) is 4.79 Å². The lowest BCUT2D eigenvalue weighted by atomic mass is 10.1. The number of aryl methyl sites for hydroxylation is 1. The summed E-state index contributed by atoms with van der Waals surface area (Å²) in [6.07, 6.45) is 3.85. The normalized spacial score (nSPS) is 12.8. The fraction of sp³-hybridized carbons (Fsp3) is 0.636. The van der Waals surface area contributed by atoms with Crippen LogP contribution in [0.5, 0.6) is 0 Å². The predicted molar refractivity (Wildman–Crippen MR) is 78.2 cm³/mol. The maximum atomic E-state index is 11.9. The molecule has 0 N–H and O–H groups in total. The zero-order valence-electron chi connectivity index (χ0n) is 9.61. The van der Waals surface area contributed by atoms with Crippen LogP contribution in [0.2, 0.25) is 0 Å². The minimum Gasteiger partial charge on any atom is -0.296 e. The molecule has 0 aliphatic carbocycles. The molecule has 0 fully saturated rings. The Morgan fingerprint density at radius 1 is 1.62 bits per heavy atom. The maximum Gasteiger partial charge on any atom is 0.266 e.